The maximum atomic E-state index is 14.0. The van der Waals surface area contributed by atoms with Gasteiger partial charge in [-0.05, 0) is 43.0 Å². The lowest BCUT2D eigenvalue weighted by molar-refractivity contribution is -0.133. The Morgan fingerprint density at radius 3 is 2.39 bits per heavy atom. The number of nitrogens with zero attached hydrogens (tertiary/aromatic N) is 2. The predicted octanol–water partition coefficient (Wildman–Crippen LogP) is 5.67. The van der Waals surface area contributed by atoms with E-state index in [-0.39, 0.29) is 24.1 Å². The van der Waals surface area contributed by atoms with Gasteiger partial charge in [0.15, 0.2) is 0 Å². The third-order valence-corrected chi connectivity index (χ3v) is 7.21. The molecule has 0 spiro atoms. The minimum Gasteiger partial charge on any atom is -0.341 e. The van der Waals surface area contributed by atoms with Crippen LogP contribution in [0.15, 0.2) is 60.8 Å². The molecule has 2 N–H and O–H groups in total. The lowest BCUT2D eigenvalue weighted by atomic mass is 9.92. The Bertz CT molecular complexity index is 1260. The average Bonchev–Trinajstić information content (AvgIpc) is 3.25. The van der Waals surface area contributed by atoms with E-state index in [9.17, 15) is 14.4 Å². The molecule has 2 atom stereocenters. The highest BCUT2D eigenvalue weighted by Crippen LogP contribution is 2.35. The number of pyridine rings is 1. The highest BCUT2D eigenvalue weighted by molar-refractivity contribution is 6.04. The third-order valence-electron chi connectivity index (χ3n) is 7.21. The summed E-state index contributed by atoms with van der Waals surface area (Å²) in [6.45, 7) is 5.57. The number of rotatable bonds is 13. The fourth-order valence-electron chi connectivity index (χ4n) is 5.06. The van der Waals surface area contributed by atoms with Crippen molar-refractivity contribution in [2.24, 2.45) is 0 Å². The number of carbonyl (C=O) groups excluding carboxylic acids is 3. The molecule has 1 aromatic heterocycles. The number of anilines is 1. The number of hydrogen-bond donors (Lipinski definition) is 2. The second-order valence-electron chi connectivity index (χ2n) is 10.0. The van der Waals surface area contributed by atoms with Crippen LogP contribution in [-0.2, 0) is 9.59 Å². The quantitative estimate of drug-likeness (QED) is 0.288. The molecule has 0 bridgehead atoms. The number of nitrogens with one attached hydrogen (secondary N) is 2. The molecule has 1 aliphatic rings. The summed E-state index contributed by atoms with van der Waals surface area (Å²) in [5.41, 5.74) is 2.82. The van der Waals surface area contributed by atoms with Crippen LogP contribution in [0.2, 0.25) is 0 Å². The Kier molecular flexibility index (Phi) is 9.46. The van der Waals surface area contributed by atoms with E-state index >= 15 is 0 Å². The van der Waals surface area contributed by atoms with Crippen LogP contribution in [0.5, 0.6) is 0 Å². The van der Waals surface area contributed by atoms with Crippen molar-refractivity contribution in [1.29, 1.82) is 0 Å². The van der Waals surface area contributed by atoms with Gasteiger partial charge in [-0.2, -0.15) is 0 Å². The van der Waals surface area contributed by atoms with E-state index in [0.717, 1.165) is 60.7 Å². The number of benzene rings is 2. The molecule has 0 saturated heterocycles. The second-order valence-corrected chi connectivity index (χ2v) is 10.0. The Labute approximate surface area is 225 Å². The predicted molar refractivity (Wildman–Crippen MR) is 151 cm³/mol. The van der Waals surface area contributed by atoms with Gasteiger partial charge in [-0.1, -0.05) is 75.9 Å². The lowest BCUT2D eigenvalue weighted by Crippen LogP contribution is -2.50. The second kappa shape index (κ2) is 13.2. The monoisotopic (exact) mass is 514 g/mol. The number of hydrogen-bond acceptors (Lipinski definition) is 4. The van der Waals surface area contributed by atoms with E-state index < -0.39 is 12.0 Å². The average molecular weight is 515 g/mol. The summed E-state index contributed by atoms with van der Waals surface area (Å²) in [6, 6.07) is 16.1. The minimum atomic E-state index is -0.834. The standard InChI is InChI=1S/C31H38N4O3/c1-3-5-11-17-35(18-12-6-4-2)31(38)28(20-25-24-14-8-10-16-27(24)33-30(25)37)34-29(36)23-19-22-13-7-9-15-26(22)32-21-23/h7-10,13-16,19,21,25,28H,3-6,11-12,17-18,20H2,1-2H3,(H,33,37)(H,34,36). The molecule has 0 fully saturated rings. The number of para-hydroxylation sites is 2. The van der Waals surface area contributed by atoms with E-state index in [2.05, 4.69) is 29.5 Å². The molecule has 7 heteroatoms. The zero-order valence-corrected chi connectivity index (χ0v) is 22.4. The summed E-state index contributed by atoms with van der Waals surface area (Å²) >= 11 is 0. The van der Waals surface area contributed by atoms with Gasteiger partial charge in [-0.3, -0.25) is 19.4 Å². The Balaban J connectivity index is 1.60. The van der Waals surface area contributed by atoms with Crippen molar-refractivity contribution < 1.29 is 14.4 Å². The third kappa shape index (κ3) is 6.57. The lowest BCUT2D eigenvalue weighted by Gasteiger charge is -2.29. The van der Waals surface area contributed by atoms with Gasteiger partial charge < -0.3 is 15.5 Å². The Morgan fingerprint density at radius 1 is 0.974 bits per heavy atom. The largest absolute Gasteiger partial charge is 0.341 e. The van der Waals surface area contributed by atoms with Crippen LogP contribution in [0, 0.1) is 0 Å². The highest BCUT2D eigenvalue weighted by Gasteiger charge is 2.36. The fraction of sp³-hybridized carbons (Fsp3) is 0.419. The van der Waals surface area contributed by atoms with Crippen molar-refractivity contribution in [3.05, 3.63) is 71.9 Å². The van der Waals surface area contributed by atoms with E-state index in [0.29, 0.717) is 18.7 Å². The zero-order chi connectivity index (χ0) is 26.9. The highest BCUT2D eigenvalue weighted by atomic mass is 16.2. The maximum Gasteiger partial charge on any atom is 0.253 e. The van der Waals surface area contributed by atoms with Crippen molar-refractivity contribution in [2.75, 3.05) is 18.4 Å². The van der Waals surface area contributed by atoms with E-state index in [1.54, 1.807) is 6.07 Å². The summed E-state index contributed by atoms with van der Waals surface area (Å²) in [6.07, 6.45) is 7.76. The Morgan fingerprint density at radius 2 is 1.66 bits per heavy atom. The van der Waals surface area contributed by atoms with Crippen molar-refractivity contribution in [2.45, 2.75) is 70.8 Å². The molecule has 0 aliphatic carbocycles. The molecule has 3 aromatic rings. The molecular formula is C31H38N4O3. The summed E-state index contributed by atoms with van der Waals surface area (Å²) in [5, 5.41) is 6.77. The van der Waals surface area contributed by atoms with Crippen LogP contribution in [0.25, 0.3) is 10.9 Å². The first-order valence-corrected chi connectivity index (χ1v) is 13.9. The van der Waals surface area contributed by atoms with Gasteiger partial charge >= 0.3 is 0 Å². The molecule has 3 amide bonds. The van der Waals surface area contributed by atoms with E-state index in [1.807, 2.05) is 53.4 Å². The van der Waals surface area contributed by atoms with Crippen molar-refractivity contribution in [1.82, 2.24) is 15.2 Å². The first-order chi connectivity index (χ1) is 18.5. The first-order valence-electron chi connectivity index (χ1n) is 13.9. The van der Waals surface area contributed by atoms with Crippen LogP contribution >= 0.6 is 0 Å². The number of carbonyl (C=O) groups is 3. The summed E-state index contributed by atoms with van der Waals surface area (Å²) < 4.78 is 0. The van der Waals surface area contributed by atoms with Gasteiger partial charge in [0, 0.05) is 30.4 Å². The molecule has 38 heavy (non-hydrogen) atoms. The number of amides is 3. The zero-order valence-electron chi connectivity index (χ0n) is 22.4. The van der Waals surface area contributed by atoms with Gasteiger partial charge in [0.2, 0.25) is 11.8 Å². The number of unbranched alkanes of at least 4 members (excludes halogenated alkanes) is 4. The van der Waals surface area contributed by atoms with Crippen molar-refractivity contribution in [3.63, 3.8) is 0 Å². The summed E-state index contributed by atoms with van der Waals surface area (Å²) in [5.74, 6) is -1.15. The molecule has 7 nitrogen and oxygen atoms in total. The summed E-state index contributed by atoms with van der Waals surface area (Å²) in [4.78, 5) is 46.6. The Hall–Kier alpha value is -3.74. The number of fused-ring (bicyclic) bond motifs is 2. The smallest absolute Gasteiger partial charge is 0.253 e. The fourth-order valence-corrected chi connectivity index (χ4v) is 5.06. The molecule has 0 saturated carbocycles. The normalized spacial score (nSPS) is 15.1. The van der Waals surface area contributed by atoms with E-state index in [4.69, 9.17) is 0 Å². The molecule has 2 heterocycles. The van der Waals surface area contributed by atoms with Crippen LogP contribution in [0.1, 0.15) is 80.6 Å². The molecular weight excluding hydrogens is 476 g/mol. The van der Waals surface area contributed by atoms with Crippen molar-refractivity contribution >= 4 is 34.3 Å². The molecule has 200 valence electrons. The first kappa shape index (κ1) is 27.3. The molecule has 1 aliphatic heterocycles. The van der Waals surface area contributed by atoms with Crippen LogP contribution in [-0.4, -0.2) is 46.7 Å². The maximum absolute atomic E-state index is 14.0. The summed E-state index contributed by atoms with van der Waals surface area (Å²) in [7, 11) is 0. The van der Waals surface area contributed by atoms with Gasteiger partial charge in [0.05, 0.1) is 17.0 Å². The minimum absolute atomic E-state index is 0.128. The molecule has 0 radical (unpaired) electrons. The van der Waals surface area contributed by atoms with Crippen LogP contribution in [0.3, 0.4) is 0 Å². The molecule has 2 aromatic carbocycles. The SMILES string of the molecule is CCCCCN(CCCCC)C(=O)C(CC1C(=O)Nc2ccccc21)NC(=O)c1cnc2ccccc2c1. The van der Waals surface area contributed by atoms with Crippen LogP contribution in [0.4, 0.5) is 5.69 Å². The van der Waals surface area contributed by atoms with Gasteiger partial charge in [0.1, 0.15) is 6.04 Å². The van der Waals surface area contributed by atoms with Gasteiger partial charge in [-0.25, -0.2) is 0 Å². The van der Waals surface area contributed by atoms with E-state index in [1.165, 1.54) is 6.20 Å². The van der Waals surface area contributed by atoms with Crippen molar-refractivity contribution in [3.8, 4) is 0 Å². The molecule has 4 rings (SSSR count). The van der Waals surface area contributed by atoms with Gasteiger partial charge in [0.25, 0.3) is 5.91 Å². The molecule has 2 unspecified atom stereocenters. The topological polar surface area (TPSA) is 91.4 Å². The number of aromatic nitrogens is 1. The van der Waals surface area contributed by atoms with Gasteiger partial charge in [-0.15, -0.1) is 0 Å². The van der Waals surface area contributed by atoms with Crippen LogP contribution < -0.4 is 10.6 Å².